The fourth-order valence-corrected chi connectivity index (χ4v) is 2.05. The van der Waals surface area contributed by atoms with Crippen molar-refractivity contribution in [1.82, 2.24) is 14.9 Å². The predicted molar refractivity (Wildman–Crippen MR) is 56.9 cm³/mol. The first-order valence-electron chi connectivity index (χ1n) is 5.43. The van der Waals surface area contributed by atoms with E-state index in [1.807, 2.05) is 0 Å². The minimum Gasteiger partial charge on any atom is -0.346 e. The molecule has 2 rings (SSSR count). The molecule has 0 aliphatic carbocycles. The second-order valence-electron chi connectivity index (χ2n) is 4.26. The molecule has 15 heavy (non-hydrogen) atoms. The van der Waals surface area contributed by atoms with E-state index in [4.69, 9.17) is 0 Å². The molecule has 1 saturated heterocycles. The van der Waals surface area contributed by atoms with Crippen LogP contribution in [0.2, 0.25) is 0 Å². The first kappa shape index (κ1) is 10.2. The van der Waals surface area contributed by atoms with Crippen LogP contribution in [0.25, 0.3) is 0 Å². The van der Waals surface area contributed by atoms with E-state index in [0.717, 1.165) is 24.7 Å². The Hall–Kier alpha value is -1.34. The van der Waals surface area contributed by atoms with E-state index in [0.29, 0.717) is 0 Å². The topological polar surface area (TPSA) is 55.7 Å². The Morgan fingerprint density at radius 1 is 1.60 bits per heavy atom. The number of nitriles is 1. The molecule has 1 unspecified atom stereocenters. The summed E-state index contributed by atoms with van der Waals surface area (Å²) in [6.07, 6.45) is 5.75. The zero-order valence-electron chi connectivity index (χ0n) is 8.98. The maximum absolute atomic E-state index is 9.18. The normalized spacial score (nSPS) is 21.1. The average molecular weight is 204 g/mol. The fourth-order valence-electron chi connectivity index (χ4n) is 2.05. The van der Waals surface area contributed by atoms with Crippen molar-refractivity contribution in [2.24, 2.45) is 5.92 Å². The number of nitrogens with zero attached hydrogens (tertiary/aromatic N) is 3. The summed E-state index contributed by atoms with van der Waals surface area (Å²) in [6.45, 7) is 4.30. The maximum atomic E-state index is 9.18. The van der Waals surface area contributed by atoms with Gasteiger partial charge in [0.15, 0.2) is 0 Å². The molecule has 0 aromatic carbocycles. The Balaban J connectivity index is 2.05. The Bertz CT molecular complexity index is 330. The van der Waals surface area contributed by atoms with Gasteiger partial charge in [-0.1, -0.05) is 6.92 Å². The third kappa shape index (κ3) is 2.18. The molecule has 0 saturated carbocycles. The van der Waals surface area contributed by atoms with Crippen LogP contribution in [-0.4, -0.2) is 28.0 Å². The van der Waals surface area contributed by atoms with E-state index in [-0.39, 0.29) is 6.04 Å². The highest BCUT2D eigenvalue weighted by Gasteiger charge is 2.24. The van der Waals surface area contributed by atoms with Gasteiger partial charge in [0.1, 0.15) is 6.04 Å². The van der Waals surface area contributed by atoms with Crippen LogP contribution in [0, 0.1) is 17.2 Å². The van der Waals surface area contributed by atoms with Crippen LogP contribution < -0.4 is 0 Å². The van der Waals surface area contributed by atoms with Crippen molar-refractivity contribution in [2.45, 2.75) is 25.8 Å². The Kier molecular flexibility index (Phi) is 3.02. The average Bonchev–Trinajstić information content (AvgIpc) is 2.75. The Morgan fingerprint density at radius 3 is 2.87 bits per heavy atom. The molecule has 1 atom stereocenters. The highest BCUT2D eigenvalue weighted by atomic mass is 15.2. The summed E-state index contributed by atoms with van der Waals surface area (Å²) in [5.41, 5.74) is 0.909. The van der Waals surface area contributed by atoms with E-state index >= 15 is 0 Å². The highest BCUT2D eigenvalue weighted by Crippen LogP contribution is 2.24. The van der Waals surface area contributed by atoms with Crippen molar-refractivity contribution >= 4 is 0 Å². The van der Waals surface area contributed by atoms with Gasteiger partial charge < -0.3 is 4.98 Å². The van der Waals surface area contributed by atoms with E-state index in [1.54, 1.807) is 12.5 Å². The van der Waals surface area contributed by atoms with E-state index < -0.39 is 0 Å². The smallest absolute Gasteiger partial charge is 0.140 e. The lowest BCUT2D eigenvalue weighted by molar-refractivity contribution is 0.163. The number of hydrogen-bond acceptors (Lipinski definition) is 3. The Morgan fingerprint density at radius 2 is 2.33 bits per heavy atom. The molecular formula is C11H16N4. The van der Waals surface area contributed by atoms with Gasteiger partial charge in [-0.3, -0.25) is 4.90 Å². The molecule has 80 valence electrons. The number of piperidine rings is 1. The van der Waals surface area contributed by atoms with Gasteiger partial charge in [0.05, 0.1) is 24.3 Å². The quantitative estimate of drug-likeness (QED) is 0.797. The zero-order chi connectivity index (χ0) is 10.7. The second kappa shape index (κ2) is 4.45. The molecule has 4 heteroatoms. The number of aromatic nitrogens is 2. The maximum Gasteiger partial charge on any atom is 0.140 e. The molecule has 1 fully saturated rings. The van der Waals surface area contributed by atoms with Gasteiger partial charge in [0.2, 0.25) is 0 Å². The van der Waals surface area contributed by atoms with Crippen LogP contribution in [0.4, 0.5) is 0 Å². The second-order valence-corrected chi connectivity index (χ2v) is 4.26. The monoisotopic (exact) mass is 204 g/mol. The number of imidazole rings is 1. The van der Waals surface area contributed by atoms with Crippen LogP contribution in [-0.2, 0) is 0 Å². The van der Waals surface area contributed by atoms with Crippen molar-refractivity contribution in [3.05, 3.63) is 18.2 Å². The summed E-state index contributed by atoms with van der Waals surface area (Å²) in [6, 6.07) is 2.19. The third-order valence-corrected chi connectivity index (χ3v) is 3.12. The van der Waals surface area contributed by atoms with E-state index in [1.165, 1.54) is 12.8 Å². The minimum absolute atomic E-state index is 0.153. The number of aromatic amines is 1. The van der Waals surface area contributed by atoms with Crippen molar-refractivity contribution in [1.29, 1.82) is 5.26 Å². The first-order chi connectivity index (χ1) is 7.31. The molecule has 2 heterocycles. The van der Waals surface area contributed by atoms with Crippen LogP contribution in [0.5, 0.6) is 0 Å². The van der Waals surface area contributed by atoms with Crippen LogP contribution in [0.1, 0.15) is 31.5 Å². The number of hydrogen-bond donors (Lipinski definition) is 1. The van der Waals surface area contributed by atoms with Gasteiger partial charge in [0.25, 0.3) is 0 Å². The third-order valence-electron chi connectivity index (χ3n) is 3.12. The molecule has 1 N–H and O–H groups in total. The van der Waals surface area contributed by atoms with Gasteiger partial charge in [-0.05, 0) is 18.8 Å². The summed E-state index contributed by atoms with van der Waals surface area (Å²) in [5, 5.41) is 9.18. The summed E-state index contributed by atoms with van der Waals surface area (Å²) < 4.78 is 0. The molecule has 0 radical (unpaired) electrons. The standard InChI is InChI=1S/C11H16N4/c1-9-2-4-15(5-3-9)11(6-12)10-7-13-8-14-10/h7-9,11H,2-5H2,1H3,(H,13,14). The van der Waals surface area contributed by atoms with Crippen LogP contribution in [0.3, 0.4) is 0 Å². The molecule has 0 spiro atoms. The van der Waals surface area contributed by atoms with Gasteiger partial charge in [-0.15, -0.1) is 0 Å². The first-order valence-corrected chi connectivity index (χ1v) is 5.43. The Labute approximate surface area is 89.9 Å². The summed E-state index contributed by atoms with van der Waals surface area (Å²) in [5.74, 6) is 0.794. The molecule has 1 aliphatic rings. The fraction of sp³-hybridized carbons (Fsp3) is 0.636. The largest absolute Gasteiger partial charge is 0.346 e. The SMILES string of the molecule is CC1CCN(C(C#N)c2cnc[nH]2)CC1. The molecule has 0 bridgehead atoms. The van der Waals surface area contributed by atoms with Crippen LogP contribution in [0.15, 0.2) is 12.5 Å². The van der Waals surface area contributed by atoms with E-state index in [9.17, 15) is 5.26 Å². The van der Waals surface area contributed by atoms with Gasteiger partial charge in [0, 0.05) is 13.1 Å². The predicted octanol–water partition coefficient (Wildman–Crippen LogP) is 1.71. The molecule has 4 nitrogen and oxygen atoms in total. The lowest BCUT2D eigenvalue weighted by Crippen LogP contribution is -2.35. The van der Waals surface area contributed by atoms with Crippen molar-refractivity contribution in [3.63, 3.8) is 0 Å². The molecule has 1 aromatic rings. The lowest BCUT2D eigenvalue weighted by atomic mass is 9.97. The molecular weight excluding hydrogens is 188 g/mol. The number of H-pyrrole nitrogens is 1. The van der Waals surface area contributed by atoms with Gasteiger partial charge in [-0.2, -0.15) is 5.26 Å². The lowest BCUT2D eigenvalue weighted by Gasteiger charge is -2.32. The van der Waals surface area contributed by atoms with Gasteiger partial charge in [-0.25, -0.2) is 4.98 Å². The van der Waals surface area contributed by atoms with Crippen molar-refractivity contribution in [2.75, 3.05) is 13.1 Å². The number of rotatable bonds is 2. The highest BCUT2D eigenvalue weighted by molar-refractivity contribution is 5.12. The summed E-state index contributed by atoms with van der Waals surface area (Å²) in [4.78, 5) is 9.22. The van der Waals surface area contributed by atoms with Crippen molar-refractivity contribution < 1.29 is 0 Å². The minimum atomic E-state index is -0.153. The summed E-state index contributed by atoms with van der Waals surface area (Å²) >= 11 is 0. The molecule has 1 aliphatic heterocycles. The number of nitrogens with one attached hydrogen (secondary N) is 1. The van der Waals surface area contributed by atoms with E-state index in [2.05, 4.69) is 27.9 Å². The molecule has 0 amide bonds. The van der Waals surface area contributed by atoms with Crippen LogP contribution >= 0.6 is 0 Å². The molecule has 1 aromatic heterocycles. The van der Waals surface area contributed by atoms with Crippen molar-refractivity contribution in [3.8, 4) is 6.07 Å². The van der Waals surface area contributed by atoms with Gasteiger partial charge >= 0.3 is 0 Å². The number of likely N-dealkylation sites (tertiary alicyclic amines) is 1. The summed E-state index contributed by atoms with van der Waals surface area (Å²) in [7, 11) is 0. The zero-order valence-corrected chi connectivity index (χ0v) is 8.98.